The fraction of sp³-hybridized carbons (Fsp3) is 0.857. The monoisotopic (exact) mass is 274 g/mol. The number of unbranched alkanes of at least 4 members (excludes halogenated alkanes) is 7. The molecular formula is C14H26O3S. The van der Waals surface area contributed by atoms with E-state index in [-0.39, 0.29) is 6.10 Å². The van der Waals surface area contributed by atoms with E-state index in [4.69, 9.17) is 10.6 Å². The summed E-state index contributed by atoms with van der Waals surface area (Å²) in [4.78, 5) is 0. The van der Waals surface area contributed by atoms with E-state index in [0.29, 0.717) is 0 Å². The Kier molecular flexibility index (Phi) is 10.1. The molecule has 0 spiro atoms. The van der Waals surface area contributed by atoms with Crippen LogP contribution in [0.3, 0.4) is 0 Å². The Balaban J connectivity index is 3.28. The van der Waals surface area contributed by atoms with E-state index < -0.39 is 10.1 Å². The van der Waals surface area contributed by atoms with E-state index in [1.165, 1.54) is 25.7 Å². The third-order valence-corrected chi connectivity index (χ3v) is 3.45. The fourth-order valence-electron chi connectivity index (χ4n) is 1.89. The molecule has 0 radical (unpaired) electrons. The van der Waals surface area contributed by atoms with Gasteiger partial charge in [-0.25, -0.2) is 0 Å². The molecule has 1 atom stereocenters. The molecule has 4 heteroatoms. The van der Waals surface area contributed by atoms with Crippen LogP contribution in [0, 0.1) is 12.3 Å². The fourth-order valence-corrected chi connectivity index (χ4v) is 2.58. The van der Waals surface area contributed by atoms with Crippen LogP contribution in [-0.4, -0.2) is 20.8 Å². The van der Waals surface area contributed by atoms with Gasteiger partial charge in [-0.2, -0.15) is 8.42 Å². The molecule has 0 saturated carbocycles. The first kappa shape index (κ1) is 17.5. The predicted octanol–water partition coefficient (Wildman–Crippen LogP) is 3.50. The third-order valence-electron chi connectivity index (χ3n) is 2.77. The maximum Gasteiger partial charge on any atom is 0.264 e. The smallest absolute Gasteiger partial charge is 0.264 e. The molecule has 0 aliphatic rings. The second-order valence-corrected chi connectivity index (χ2v) is 6.43. The van der Waals surface area contributed by atoms with Crippen molar-refractivity contribution >= 4 is 10.1 Å². The van der Waals surface area contributed by atoms with Crippen molar-refractivity contribution in [3.63, 3.8) is 0 Å². The van der Waals surface area contributed by atoms with Gasteiger partial charge in [0.2, 0.25) is 0 Å². The lowest BCUT2D eigenvalue weighted by atomic mass is 10.1. The van der Waals surface area contributed by atoms with E-state index in [9.17, 15) is 8.42 Å². The van der Waals surface area contributed by atoms with Gasteiger partial charge < -0.3 is 0 Å². The Bertz CT molecular complexity index is 327. The van der Waals surface area contributed by atoms with Crippen LogP contribution in [0.5, 0.6) is 0 Å². The van der Waals surface area contributed by atoms with Crippen LogP contribution in [0.4, 0.5) is 0 Å². The summed E-state index contributed by atoms with van der Waals surface area (Å²) < 4.78 is 26.6. The van der Waals surface area contributed by atoms with Gasteiger partial charge in [0.05, 0.1) is 12.4 Å². The van der Waals surface area contributed by atoms with E-state index >= 15 is 0 Å². The molecule has 0 fully saturated rings. The summed E-state index contributed by atoms with van der Waals surface area (Å²) >= 11 is 0. The van der Waals surface area contributed by atoms with Crippen molar-refractivity contribution in [2.45, 2.75) is 70.8 Å². The number of terminal acetylenes is 1. The molecule has 0 aromatic heterocycles. The molecule has 0 saturated heterocycles. The van der Waals surface area contributed by atoms with Crippen LogP contribution in [0.1, 0.15) is 64.7 Å². The van der Waals surface area contributed by atoms with Gasteiger partial charge >= 0.3 is 0 Å². The van der Waals surface area contributed by atoms with Crippen molar-refractivity contribution in [2.24, 2.45) is 0 Å². The highest BCUT2D eigenvalue weighted by atomic mass is 32.2. The molecule has 0 aromatic carbocycles. The molecule has 106 valence electrons. The summed E-state index contributed by atoms with van der Waals surface area (Å²) in [5, 5.41) is 0. The maximum atomic E-state index is 10.9. The highest BCUT2D eigenvalue weighted by molar-refractivity contribution is 7.86. The zero-order chi connectivity index (χ0) is 13.9. The zero-order valence-corrected chi connectivity index (χ0v) is 12.5. The lowest BCUT2D eigenvalue weighted by Crippen LogP contribution is -2.13. The van der Waals surface area contributed by atoms with Gasteiger partial charge in [-0.15, -0.1) is 12.3 Å². The van der Waals surface area contributed by atoms with Crippen LogP contribution >= 0.6 is 0 Å². The molecule has 0 rings (SSSR count). The summed E-state index contributed by atoms with van der Waals surface area (Å²) in [7, 11) is -3.30. The van der Waals surface area contributed by atoms with Crippen LogP contribution in [0.25, 0.3) is 0 Å². The standard InChI is InChI=1S/C14H26O3S/c1-4-5-6-7-8-9-10-11-12-13-14(2)17-18(3,15)16/h1,14H,5-13H2,2-3H3/t14-/m1/s1. The van der Waals surface area contributed by atoms with Crippen LogP contribution in [0.15, 0.2) is 0 Å². The molecule has 0 amide bonds. The quantitative estimate of drug-likeness (QED) is 0.329. The summed E-state index contributed by atoms with van der Waals surface area (Å²) in [5.41, 5.74) is 0. The highest BCUT2D eigenvalue weighted by Gasteiger charge is 2.09. The SMILES string of the molecule is C#CCCCCCCCCC[C@@H](C)OS(C)(=O)=O. The van der Waals surface area contributed by atoms with E-state index in [0.717, 1.165) is 38.4 Å². The Hall–Kier alpha value is -0.530. The summed E-state index contributed by atoms with van der Waals surface area (Å²) in [6.45, 7) is 1.81. The summed E-state index contributed by atoms with van der Waals surface area (Å²) in [6.07, 6.45) is 16.0. The Labute approximate surface area is 112 Å². The lowest BCUT2D eigenvalue weighted by Gasteiger charge is -2.10. The molecule has 0 unspecified atom stereocenters. The maximum absolute atomic E-state index is 10.9. The van der Waals surface area contributed by atoms with E-state index in [1.807, 2.05) is 0 Å². The van der Waals surface area contributed by atoms with Crippen molar-refractivity contribution in [1.29, 1.82) is 0 Å². The third kappa shape index (κ3) is 13.5. The molecule has 0 aliphatic carbocycles. The second kappa shape index (κ2) is 10.4. The zero-order valence-electron chi connectivity index (χ0n) is 11.7. The van der Waals surface area contributed by atoms with Crippen LogP contribution in [-0.2, 0) is 14.3 Å². The lowest BCUT2D eigenvalue weighted by molar-refractivity contribution is 0.216. The van der Waals surface area contributed by atoms with Crippen LogP contribution < -0.4 is 0 Å². The van der Waals surface area contributed by atoms with E-state index in [2.05, 4.69) is 5.92 Å². The minimum atomic E-state index is -3.30. The Morgan fingerprint density at radius 3 is 2.06 bits per heavy atom. The Morgan fingerprint density at radius 1 is 1.06 bits per heavy atom. The van der Waals surface area contributed by atoms with E-state index in [1.54, 1.807) is 6.92 Å². The van der Waals surface area contributed by atoms with Crippen molar-refractivity contribution in [3.8, 4) is 12.3 Å². The topological polar surface area (TPSA) is 43.4 Å². The molecule has 3 nitrogen and oxygen atoms in total. The largest absolute Gasteiger partial charge is 0.267 e. The van der Waals surface area contributed by atoms with Gasteiger partial charge in [-0.1, -0.05) is 38.5 Å². The molecule has 0 bridgehead atoms. The van der Waals surface area contributed by atoms with Gasteiger partial charge in [0.15, 0.2) is 0 Å². The van der Waals surface area contributed by atoms with Crippen molar-refractivity contribution in [1.82, 2.24) is 0 Å². The first-order valence-electron chi connectivity index (χ1n) is 6.77. The number of hydrogen-bond acceptors (Lipinski definition) is 3. The first-order valence-corrected chi connectivity index (χ1v) is 8.59. The van der Waals surface area contributed by atoms with Gasteiger partial charge in [-0.3, -0.25) is 4.18 Å². The molecule has 0 aliphatic heterocycles. The molecule has 0 aromatic rings. The first-order chi connectivity index (χ1) is 8.45. The minimum Gasteiger partial charge on any atom is -0.267 e. The number of hydrogen-bond donors (Lipinski definition) is 0. The van der Waals surface area contributed by atoms with Crippen molar-refractivity contribution < 1.29 is 12.6 Å². The molecule has 18 heavy (non-hydrogen) atoms. The van der Waals surface area contributed by atoms with Gasteiger partial charge in [0.25, 0.3) is 10.1 Å². The van der Waals surface area contributed by atoms with Crippen molar-refractivity contribution in [2.75, 3.05) is 6.26 Å². The summed E-state index contributed by atoms with van der Waals surface area (Å²) in [6, 6.07) is 0. The minimum absolute atomic E-state index is 0.198. The van der Waals surface area contributed by atoms with Crippen LogP contribution in [0.2, 0.25) is 0 Å². The molecule has 0 N–H and O–H groups in total. The second-order valence-electron chi connectivity index (χ2n) is 4.83. The normalized spacial score (nSPS) is 13.2. The Morgan fingerprint density at radius 2 is 1.56 bits per heavy atom. The summed E-state index contributed by atoms with van der Waals surface area (Å²) in [5.74, 6) is 2.65. The molecular weight excluding hydrogens is 248 g/mol. The predicted molar refractivity (Wildman–Crippen MR) is 75.8 cm³/mol. The molecule has 0 heterocycles. The average Bonchev–Trinajstić information content (AvgIpc) is 2.24. The highest BCUT2D eigenvalue weighted by Crippen LogP contribution is 2.12. The van der Waals surface area contributed by atoms with Gasteiger partial charge in [-0.05, 0) is 19.8 Å². The number of rotatable bonds is 11. The van der Waals surface area contributed by atoms with Gasteiger partial charge in [0.1, 0.15) is 0 Å². The average molecular weight is 274 g/mol. The van der Waals surface area contributed by atoms with Crippen molar-refractivity contribution in [3.05, 3.63) is 0 Å². The van der Waals surface area contributed by atoms with Gasteiger partial charge in [0, 0.05) is 6.42 Å².